The zero-order chi connectivity index (χ0) is 9.14. The Morgan fingerprint density at radius 3 is 2.75 bits per heavy atom. The molecule has 0 amide bonds. The molecule has 1 heterocycles. The first-order valence-electron chi connectivity index (χ1n) is 3.11. The molecule has 0 fully saturated rings. The van der Waals surface area contributed by atoms with Gasteiger partial charge in [-0.2, -0.15) is 0 Å². The van der Waals surface area contributed by atoms with Gasteiger partial charge in [0.15, 0.2) is 5.50 Å². The molecule has 65 valence electrons. The van der Waals surface area contributed by atoms with Crippen LogP contribution in [0.1, 0.15) is 0 Å². The predicted octanol–water partition coefficient (Wildman–Crippen LogP) is 1.50. The van der Waals surface area contributed by atoms with Gasteiger partial charge in [-0.3, -0.25) is 0 Å². The second-order valence-electron chi connectivity index (χ2n) is 2.02. The number of ether oxygens (including phenoxy) is 1. The molecule has 0 unspecified atom stereocenters. The number of dihydropyridines is 1. The third kappa shape index (κ3) is 1.93. The van der Waals surface area contributed by atoms with E-state index in [1.54, 1.807) is 6.08 Å². The maximum atomic E-state index is 11.0. The highest BCUT2D eigenvalue weighted by Crippen LogP contribution is 2.20. The van der Waals surface area contributed by atoms with Crippen LogP contribution in [0.15, 0.2) is 22.9 Å². The molecular weight excluding hydrogens is 201 g/mol. The standard InChI is InChI=1S/C7H6Cl2NO2/c1-12-7(11)6-4(8)2-3-5(9)10-6/h2-3,10H,1H3. The number of carbonyl (C=O) groups excluding carboxylic acids is 1. The van der Waals surface area contributed by atoms with E-state index in [1.165, 1.54) is 13.2 Å². The van der Waals surface area contributed by atoms with Crippen LogP contribution >= 0.6 is 23.2 Å². The van der Waals surface area contributed by atoms with Crippen LogP contribution in [0.25, 0.3) is 0 Å². The van der Waals surface area contributed by atoms with Crippen LogP contribution in [0.3, 0.4) is 0 Å². The van der Waals surface area contributed by atoms with Crippen molar-refractivity contribution >= 4 is 29.2 Å². The lowest BCUT2D eigenvalue weighted by Crippen LogP contribution is -2.25. The SMILES string of the molecule is COC(=O)C1=C(Cl)C=C[C](Cl)N1. The van der Waals surface area contributed by atoms with Gasteiger partial charge in [-0.15, -0.1) is 0 Å². The van der Waals surface area contributed by atoms with Gasteiger partial charge in [0.2, 0.25) is 0 Å². The van der Waals surface area contributed by atoms with Gasteiger partial charge in [0.1, 0.15) is 5.70 Å². The van der Waals surface area contributed by atoms with Crippen LogP contribution in [-0.4, -0.2) is 13.1 Å². The summed E-state index contributed by atoms with van der Waals surface area (Å²) in [6, 6.07) is 0. The fourth-order valence-electron chi connectivity index (χ4n) is 0.701. The number of hydrogen-bond acceptors (Lipinski definition) is 3. The number of hydrogen-bond donors (Lipinski definition) is 1. The summed E-state index contributed by atoms with van der Waals surface area (Å²) < 4.78 is 4.46. The number of carbonyl (C=O) groups is 1. The summed E-state index contributed by atoms with van der Waals surface area (Å²) in [5, 5.41) is 2.87. The summed E-state index contributed by atoms with van der Waals surface area (Å²) in [6.07, 6.45) is 3.07. The Labute approximate surface area is 80.0 Å². The zero-order valence-electron chi connectivity index (χ0n) is 6.23. The van der Waals surface area contributed by atoms with Gasteiger partial charge < -0.3 is 10.1 Å². The van der Waals surface area contributed by atoms with E-state index in [-0.39, 0.29) is 10.7 Å². The second-order valence-corrected chi connectivity index (χ2v) is 2.84. The minimum absolute atomic E-state index is 0.159. The van der Waals surface area contributed by atoms with Crippen LogP contribution in [0, 0.1) is 5.50 Å². The van der Waals surface area contributed by atoms with Crippen LogP contribution in [0.5, 0.6) is 0 Å². The van der Waals surface area contributed by atoms with Crippen molar-refractivity contribution < 1.29 is 9.53 Å². The van der Waals surface area contributed by atoms with E-state index in [2.05, 4.69) is 10.1 Å². The van der Waals surface area contributed by atoms with Crippen LogP contribution in [-0.2, 0) is 9.53 Å². The smallest absolute Gasteiger partial charge is 0.355 e. The number of rotatable bonds is 1. The van der Waals surface area contributed by atoms with Gasteiger partial charge in [-0.1, -0.05) is 23.2 Å². The van der Waals surface area contributed by atoms with Crippen molar-refractivity contribution in [1.82, 2.24) is 5.32 Å². The molecule has 0 spiro atoms. The molecule has 12 heavy (non-hydrogen) atoms. The number of halogens is 2. The van der Waals surface area contributed by atoms with Crippen molar-refractivity contribution in [2.45, 2.75) is 0 Å². The molecule has 1 N–H and O–H groups in total. The van der Waals surface area contributed by atoms with Gasteiger partial charge in [0, 0.05) is 0 Å². The number of allylic oxidation sites excluding steroid dienone is 2. The number of nitrogens with one attached hydrogen (secondary N) is 1. The molecule has 0 saturated heterocycles. The van der Waals surface area contributed by atoms with Crippen molar-refractivity contribution in [1.29, 1.82) is 0 Å². The van der Waals surface area contributed by atoms with Crippen molar-refractivity contribution in [2.24, 2.45) is 0 Å². The predicted molar refractivity (Wildman–Crippen MR) is 46.3 cm³/mol. The van der Waals surface area contributed by atoms with Crippen LogP contribution in [0.2, 0.25) is 0 Å². The molecule has 0 aromatic carbocycles. The maximum absolute atomic E-state index is 11.0. The van der Waals surface area contributed by atoms with Gasteiger partial charge in [-0.25, -0.2) is 4.79 Å². The minimum atomic E-state index is -0.539. The van der Waals surface area contributed by atoms with E-state index >= 15 is 0 Å². The first-order valence-corrected chi connectivity index (χ1v) is 3.86. The normalized spacial score (nSPS) is 17.6. The Morgan fingerprint density at radius 1 is 1.50 bits per heavy atom. The topological polar surface area (TPSA) is 38.3 Å². The average molecular weight is 207 g/mol. The van der Waals surface area contributed by atoms with E-state index in [4.69, 9.17) is 23.2 Å². The first kappa shape index (κ1) is 9.42. The average Bonchev–Trinajstić information content (AvgIpc) is 2.08. The third-order valence-corrected chi connectivity index (χ3v) is 1.78. The number of esters is 1. The minimum Gasteiger partial charge on any atom is -0.464 e. The lowest BCUT2D eigenvalue weighted by Gasteiger charge is -2.15. The molecule has 1 rings (SSSR count). The van der Waals surface area contributed by atoms with Gasteiger partial charge in [-0.05, 0) is 12.2 Å². The van der Waals surface area contributed by atoms with Crippen molar-refractivity contribution in [3.8, 4) is 0 Å². The number of methoxy groups -OCH3 is 1. The molecule has 0 bridgehead atoms. The lowest BCUT2D eigenvalue weighted by atomic mass is 10.3. The van der Waals surface area contributed by atoms with Crippen LogP contribution < -0.4 is 5.32 Å². The summed E-state index contributed by atoms with van der Waals surface area (Å²) in [6.45, 7) is 0. The van der Waals surface area contributed by atoms with Crippen LogP contribution in [0.4, 0.5) is 0 Å². The molecule has 0 atom stereocenters. The van der Waals surface area contributed by atoms with Gasteiger partial charge in [0.25, 0.3) is 0 Å². The van der Waals surface area contributed by atoms with Crippen molar-refractivity contribution in [3.63, 3.8) is 0 Å². The molecule has 0 aromatic rings. The largest absolute Gasteiger partial charge is 0.464 e. The Hall–Kier alpha value is -0.670. The Balaban J connectivity index is 2.86. The van der Waals surface area contributed by atoms with E-state index < -0.39 is 5.97 Å². The molecule has 0 saturated carbocycles. The molecule has 1 aliphatic rings. The van der Waals surface area contributed by atoms with E-state index in [9.17, 15) is 4.79 Å². The third-order valence-electron chi connectivity index (χ3n) is 1.25. The second kappa shape index (κ2) is 3.83. The highest BCUT2D eigenvalue weighted by Gasteiger charge is 2.19. The van der Waals surface area contributed by atoms with Crippen molar-refractivity contribution in [3.05, 3.63) is 28.4 Å². The fourth-order valence-corrected chi connectivity index (χ4v) is 1.05. The fraction of sp³-hybridized carbons (Fsp3) is 0.143. The molecule has 1 radical (unpaired) electrons. The monoisotopic (exact) mass is 206 g/mol. The lowest BCUT2D eigenvalue weighted by molar-refractivity contribution is -0.136. The molecule has 5 heteroatoms. The summed E-state index contributed by atoms with van der Waals surface area (Å²) in [5.41, 5.74) is 0.492. The Bertz CT molecular complexity index is 260. The first-order chi connectivity index (χ1) is 5.65. The summed E-state index contributed by atoms with van der Waals surface area (Å²) in [7, 11) is 1.27. The molecule has 0 aliphatic carbocycles. The zero-order valence-corrected chi connectivity index (χ0v) is 7.74. The summed E-state index contributed by atoms with van der Waals surface area (Å²) in [4.78, 5) is 11.0. The van der Waals surface area contributed by atoms with E-state index in [1.807, 2.05) is 0 Å². The summed E-state index contributed by atoms with van der Waals surface area (Å²) >= 11 is 11.3. The molecular formula is C7H6Cl2NO2. The quantitative estimate of drug-likeness (QED) is 0.523. The maximum Gasteiger partial charge on any atom is 0.355 e. The van der Waals surface area contributed by atoms with Crippen molar-refractivity contribution in [2.75, 3.05) is 7.11 Å². The Morgan fingerprint density at radius 2 is 2.17 bits per heavy atom. The van der Waals surface area contributed by atoms with Gasteiger partial charge in [0.05, 0.1) is 12.1 Å². The Kier molecular flexibility index (Phi) is 3.00. The highest BCUT2D eigenvalue weighted by atomic mass is 35.5. The summed E-state index contributed by atoms with van der Waals surface area (Å²) in [5.74, 6) is -0.539. The van der Waals surface area contributed by atoms with E-state index in [0.717, 1.165) is 0 Å². The molecule has 0 aromatic heterocycles. The highest BCUT2D eigenvalue weighted by molar-refractivity contribution is 6.35. The molecule has 1 aliphatic heterocycles. The molecule has 3 nitrogen and oxygen atoms in total. The van der Waals surface area contributed by atoms with Gasteiger partial charge >= 0.3 is 5.97 Å². The van der Waals surface area contributed by atoms with E-state index in [0.29, 0.717) is 5.50 Å².